The molecule has 142 valence electrons. The standard InChI is InChI=1S/C16H12ClF3N4O2S/c1-10-2-5-15(12(17)6-10)27(25,26)23-13-7-11(16(18,19)20)3-4-14(13)24-9-21-8-22-24/h2-9,23H,1H3. The molecule has 0 aliphatic rings. The predicted octanol–water partition coefficient (Wildman–Crippen LogP) is 4.05. The minimum Gasteiger partial charge on any atom is -0.277 e. The van der Waals surface area contributed by atoms with E-state index in [1.807, 2.05) is 0 Å². The number of halogens is 4. The SMILES string of the molecule is Cc1ccc(S(=O)(=O)Nc2cc(C(F)(F)F)ccc2-n2cncn2)c(Cl)c1. The molecule has 0 saturated carbocycles. The van der Waals surface area contributed by atoms with E-state index in [0.717, 1.165) is 22.4 Å². The van der Waals surface area contributed by atoms with E-state index in [4.69, 9.17) is 11.6 Å². The van der Waals surface area contributed by atoms with Crippen molar-refractivity contribution in [1.82, 2.24) is 14.8 Å². The van der Waals surface area contributed by atoms with E-state index in [-0.39, 0.29) is 21.3 Å². The highest BCUT2D eigenvalue weighted by molar-refractivity contribution is 7.92. The minimum atomic E-state index is -4.65. The van der Waals surface area contributed by atoms with E-state index >= 15 is 0 Å². The van der Waals surface area contributed by atoms with Crippen LogP contribution in [-0.4, -0.2) is 23.2 Å². The van der Waals surface area contributed by atoms with Crippen molar-refractivity contribution in [2.24, 2.45) is 0 Å². The number of hydrogen-bond acceptors (Lipinski definition) is 4. The van der Waals surface area contributed by atoms with Crippen molar-refractivity contribution in [2.75, 3.05) is 4.72 Å². The maximum absolute atomic E-state index is 13.1. The summed E-state index contributed by atoms with van der Waals surface area (Å²) >= 11 is 6.00. The van der Waals surface area contributed by atoms with Gasteiger partial charge in [-0.15, -0.1) is 0 Å². The second kappa shape index (κ2) is 6.86. The Bertz CT molecular complexity index is 1080. The van der Waals surface area contributed by atoms with Crippen LogP contribution in [-0.2, 0) is 16.2 Å². The van der Waals surface area contributed by atoms with E-state index in [1.54, 1.807) is 6.92 Å². The Morgan fingerprint density at radius 2 is 1.89 bits per heavy atom. The molecule has 0 amide bonds. The lowest BCUT2D eigenvalue weighted by atomic mass is 10.1. The first-order valence-electron chi connectivity index (χ1n) is 7.43. The van der Waals surface area contributed by atoms with Crippen LogP contribution in [0.1, 0.15) is 11.1 Å². The van der Waals surface area contributed by atoms with Crippen LogP contribution >= 0.6 is 11.6 Å². The zero-order valence-corrected chi connectivity index (χ0v) is 15.3. The molecule has 3 rings (SSSR count). The molecule has 0 aliphatic carbocycles. The summed E-state index contributed by atoms with van der Waals surface area (Å²) in [7, 11) is -4.25. The van der Waals surface area contributed by atoms with Gasteiger partial charge in [-0.2, -0.15) is 18.3 Å². The van der Waals surface area contributed by atoms with Gasteiger partial charge in [-0.25, -0.2) is 18.1 Å². The summed E-state index contributed by atoms with van der Waals surface area (Å²) in [6, 6.07) is 6.88. The van der Waals surface area contributed by atoms with Gasteiger partial charge in [0.15, 0.2) is 0 Å². The average Bonchev–Trinajstić information content (AvgIpc) is 3.07. The molecule has 0 saturated heterocycles. The molecule has 0 radical (unpaired) electrons. The van der Waals surface area contributed by atoms with Crippen LogP contribution in [0.4, 0.5) is 18.9 Å². The first-order chi connectivity index (χ1) is 12.6. The van der Waals surface area contributed by atoms with Crippen LogP contribution in [0.5, 0.6) is 0 Å². The Morgan fingerprint density at radius 1 is 1.15 bits per heavy atom. The van der Waals surface area contributed by atoms with Crippen LogP contribution in [0.15, 0.2) is 53.9 Å². The van der Waals surface area contributed by atoms with Gasteiger partial charge in [-0.3, -0.25) is 4.72 Å². The van der Waals surface area contributed by atoms with Gasteiger partial charge in [0.2, 0.25) is 0 Å². The van der Waals surface area contributed by atoms with Gasteiger partial charge in [0, 0.05) is 0 Å². The number of nitrogens with one attached hydrogen (secondary N) is 1. The molecule has 0 fully saturated rings. The molecule has 0 spiro atoms. The largest absolute Gasteiger partial charge is 0.416 e. The number of anilines is 1. The molecule has 0 aliphatic heterocycles. The molecule has 2 aromatic carbocycles. The monoisotopic (exact) mass is 416 g/mol. The lowest BCUT2D eigenvalue weighted by Gasteiger charge is -2.16. The number of benzene rings is 2. The van der Waals surface area contributed by atoms with Crippen LogP contribution < -0.4 is 4.72 Å². The Kier molecular flexibility index (Phi) is 4.87. The molecule has 0 atom stereocenters. The van der Waals surface area contributed by atoms with Crippen molar-refractivity contribution < 1.29 is 21.6 Å². The van der Waals surface area contributed by atoms with E-state index in [9.17, 15) is 21.6 Å². The molecular formula is C16H12ClF3N4O2S. The number of alkyl halides is 3. The lowest BCUT2D eigenvalue weighted by molar-refractivity contribution is -0.137. The van der Waals surface area contributed by atoms with Crippen LogP contribution in [0.2, 0.25) is 5.02 Å². The molecule has 1 aromatic heterocycles. The summed E-state index contributed by atoms with van der Waals surface area (Å²) in [5.41, 5.74) is -0.514. The number of aromatic nitrogens is 3. The number of nitrogens with zero attached hydrogens (tertiary/aromatic N) is 3. The van der Waals surface area contributed by atoms with Gasteiger partial charge in [0.05, 0.1) is 22.0 Å². The molecule has 0 bridgehead atoms. The van der Waals surface area contributed by atoms with E-state index < -0.39 is 21.8 Å². The van der Waals surface area contributed by atoms with Crippen molar-refractivity contribution in [1.29, 1.82) is 0 Å². The van der Waals surface area contributed by atoms with E-state index in [2.05, 4.69) is 14.8 Å². The topological polar surface area (TPSA) is 76.9 Å². The highest BCUT2D eigenvalue weighted by atomic mass is 35.5. The second-order valence-electron chi connectivity index (χ2n) is 5.61. The molecule has 1 N–H and O–H groups in total. The first-order valence-corrected chi connectivity index (χ1v) is 9.29. The van der Waals surface area contributed by atoms with Crippen LogP contribution in [0, 0.1) is 6.92 Å². The molecule has 3 aromatic rings. The highest BCUT2D eigenvalue weighted by Crippen LogP contribution is 2.34. The maximum Gasteiger partial charge on any atom is 0.416 e. The van der Waals surface area contributed by atoms with Gasteiger partial charge in [0.25, 0.3) is 10.0 Å². The van der Waals surface area contributed by atoms with Crippen molar-refractivity contribution in [3.05, 3.63) is 65.2 Å². The Labute approximate surface area is 157 Å². The van der Waals surface area contributed by atoms with Gasteiger partial charge >= 0.3 is 6.18 Å². The molecule has 11 heteroatoms. The Morgan fingerprint density at radius 3 is 2.48 bits per heavy atom. The Hall–Kier alpha value is -2.59. The molecule has 1 heterocycles. The zero-order chi connectivity index (χ0) is 19.8. The summed E-state index contributed by atoms with van der Waals surface area (Å²) in [5.74, 6) is 0. The van der Waals surface area contributed by atoms with Crippen molar-refractivity contribution >= 4 is 27.3 Å². The number of hydrogen-bond donors (Lipinski definition) is 1. The van der Waals surface area contributed by atoms with E-state index in [1.165, 1.54) is 30.9 Å². The molecule has 0 unspecified atom stereocenters. The van der Waals surface area contributed by atoms with Gasteiger partial charge in [-0.05, 0) is 42.8 Å². The lowest BCUT2D eigenvalue weighted by Crippen LogP contribution is -2.16. The smallest absolute Gasteiger partial charge is 0.277 e. The third kappa shape index (κ3) is 4.06. The van der Waals surface area contributed by atoms with Crippen LogP contribution in [0.3, 0.4) is 0 Å². The highest BCUT2D eigenvalue weighted by Gasteiger charge is 2.32. The quantitative estimate of drug-likeness (QED) is 0.696. The average molecular weight is 417 g/mol. The summed E-state index contributed by atoms with van der Waals surface area (Å²) in [6.07, 6.45) is -2.24. The maximum atomic E-state index is 13.1. The minimum absolute atomic E-state index is 0.0446. The number of rotatable bonds is 4. The van der Waals surface area contributed by atoms with Crippen LogP contribution in [0.25, 0.3) is 5.69 Å². The van der Waals surface area contributed by atoms with Gasteiger partial charge in [0.1, 0.15) is 17.6 Å². The fourth-order valence-electron chi connectivity index (χ4n) is 2.35. The predicted molar refractivity (Wildman–Crippen MR) is 93.4 cm³/mol. The first kappa shape index (κ1) is 19.2. The molecule has 6 nitrogen and oxygen atoms in total. The Balaban J connectivity index is 2.11. The van der Waals surface area contributed by atoms with Gasteiger partial charge < -0.3 is 0 Å². The summed E-state index contributed by atoms with van der Waals surface area (Å²) in [5, 5.41) is 3.79. The normalized spacial score (nSPS) is 12.2. The number of aryl methyl sites for hydroxylation is 1. The third-order valence-corrected chi connectivity index (χ3v) is 5.46. The number of sulfonamides is 1. The van der Waals surface area contributed by atoms with Crippen molar-refractivity contribution in [3.8, 4) is 5.69 Å². The summed E-state index contributed by atoms with van der Waals surface area (Å²) in [4.78, 5) is 3.47. The van der Waals surface area contributed by atoms with Crippen molar-refractivity contribution in [2.45, 2.75) is 18.0 Å². The zero-order valence-electron chi connectivity index (χ0n) is 13.7. The fourth-order valence-corrected chi connectivity index (χ4v) is 4.02. The third-order valence-electron chi connectivity index (χ3n) is 3.61. The summed E-state index contributed by atoms with van der Waals surface area (Å²) < 4.78 is 67.9. The van der Waals surface area contributed by atoms with E-state index in [0.29, 0.717) is 6.07 Å². The second-order valence-corrected chi connectivity index (χ2v) is 7.67. The molecule has 27 heavy (non-hydrogen) atoms. The van der Waals surface area contributed by atoms with Crippen molar-refractivity contribution in [3.63, 3.8) is 0 Å². The fraction of sp³-hybridized carbons (Fsp3) is 0.125. The molecular weight excluding hydrogens is 405 g/mol. The van der Waals surface area contributed by atoms with Gasteiger partial charge in [-0.1, -0.05) is 17.7 Å². The summed E-state index contributed by atoms with van der Waals surface area (Å²) in [6.45, 7) is 1.73.